The van der Waals surface area contributed by atoms with Gasteiger partial charge in [0.2, 0.25) is 5.78 Å². The third kappa shape index (κ3) is 2.38. The molecule has 82 valence electrons. The van der Waals surface area contributed by atoms with Gasteiger partial charge >= 0.3 is 0 Å². The van der Waals surface area contributed by atoms with Gasteiger partial charge in [0.1, 0.15) is 5.76 Å². The Morgan fingerprint density at radius 3 is 2.69 bits per heavy atom. The van der Waals surface area contributed by atoms with E-state index in [0.29, 0.717) is 11.3 Å². The first kappa shape index (κ1) is 11.9. The maximum Gasteiger partial charge on any atom is 0.229 e. The molecular formula is C12H8BrIO2. The molecule has 0 amide bonds. The van der Waals surface area contributed by atoms with Crippen molar-refractivity contribution in [1.29, 1.82) is 0 Å². The van der Waals surface area contributed by atoms with Gasteiger partial charge < -0.3 is 4.42 Å². The van der Waals surface area contributed by atoms with Crippen LogP contribution in [0.2, 0.25) is 0 Å². The zero-order valence-corrected chi connectivity index (χ0v) is 12.2. The Hall–Kier alpha value is -0.620. The van der Waals surface area contributed by atoms with Crippen LogP contribution in [0.5, 0.6) is 0 Å². The standard InChI is InChI=1S/C12H8BrIO2/c1-7-2-5-11(16-7)12(15)9-6-8(13)3-4-10(9)14/h2-6H,1H3. The molecular weight excluding hydrogens is 383 g/mol. The number of hydrogen-bond donors (Lipinski definition) is 0. The van der Waals surface area contributed by atoms with Crippen LogP contribution in [0.4, 0.5) is 0 Å². The summed E-state index contributed by atoms with van der Waals surface area (Å²) in [4.78, 5) is 12.1. The van der Waals surface area contributed by atoms with E-state index in [0.717, 1.165) is 13.8 Å². The largest absolute Gasteiger partial charge is 0.458 e. The minimum atomic E-state index is -0.0844. The molecule has 0 unspecified atom stereocenters. The van der Waals surface area contributed by atoms with E-state index in [4.69, 9.17) is 4.42 Å². The molecule has 0 atom stereocenters. The van der Waals surface area contributed by atoms with E-state index in [9.17, 15) is 4.79 Å². The molecule has 0 aliphatic rings. The van der Waals surface area contributed by atoms with E-state index < -0.39 is 0 Å². The van der Waals surface area contributed by atoms with Crippen molar-refractivity contribution >= 4 is 44.3 Å². The second kappa shape index (κ2) is 4.71. The highest BCUT2D eigenvalue weighted by atomic mass is 127. The Morgan fingerprint density at radius 2 is 2.06 bits per heavy atom. The van der Waals surface area contributed by atoms with Crippen molar-refractivity contribution in [2.45, 2.75) is 6.92 Å². The minimum absolute atomic E-state index is 0.0844. The van der Waals surface area contributed by atoms with E-state index >= 15 is 0 Å². The average molecular weight is 391 g/mol. The first-order valence-electron chi connectivity index (χ1n) is 4.64. The van der Waals surface area contributed by atoms with Crippen LogP contribution < -0.4 is 0 Å². The van der Waals surface area contributed by atoms with Crippen LogP contribution in [0.1, 0.15) is 21.9 Å². The SMILES string of the molecule is Cc1ccc(C(=O)c2cc(Br)ccc2I)o1. The van der Waals surface area contributed by atoms with Crippen molar-refractivity contribution in [2.24, 2.45) is 0 Å². The van der Waals surface area contributed by atoms with Crippen LogP contribution in [0.15, 0.2) is 39.2 Å². The molecule has 0 bridgehead atoms. The maximum absolute atomic E-state index is 12.1. The number of furan rings is 1. The monoisotopic (exact) mass is 390 g/mol. The van der Waals surface area contributed by atoms with Crippen LogP contribution >= 0.6 is 38.5 Å². The number of aryl methyl sites for hydroxylation is 1. The van der Waals surface area contributed by atoms with E-state index in [2.05, 4.69) is 38.5 Å². The highest BCUT2D eigenvalue weighted by Crippen LogP contribution is 2.22. The Morgan fingerprint density at radius 1 is 1.31 bits per heavy atom. The van der Waals surface area contributed by atoms with Gasteiger partial charge in [0.05, 0.1) is 0 Å². The summed E-state index contributed by atoms with van der Waals surface area (Å²) < 4.78 is 7.13. The second-order valence-corrected chi connectivity index (χ2v) is 5.44. The Bertz CT molecular complexity index is 546. The number of ketones is 1. The normalized spacial score (nSPS) is 10.4. The van der Waals surface area contributed by atoms with Gasteiger partial charge in [0.15, 0.2) is 5.76 Å². The lowest BCUT2D eigenvalue weighted by Crippen LogP contribution is -2.02. The molecule has 1 aromatic carbocycles. The van der Waals surface area contributed by atoms with Gasteiger partial charge in [-0.2, -0.15) is 0 Å². The smallest absolute Gasteiger partial charge is 0.229 e. The van der Waals surface area contributed by atoms with Crippen LogP contribution in [0.3, 0.4) is 0 Å². The number of benzene rings is 1. The van der Waals surface area contributed by atoms with Gasteiger partial charge in [-0.15, -0.1) is 0 Å². The van der Waals surface area contributed by atoms with Gasteiger partial charge in [-0.3, -0.25) is 4.79 Å². The van der Waals surface area contributed by atoms with Crippen LogP contribution in [-0.2, 0) is 0 Å². The molecule has 2 rings (SSSR count). The molecule has 0 N–H and O–H groups in total. The van der Waals surface area contributed by atoms with Gasteiger partial charge in [-0.25, -0.2) is 0 Å². The lowest BCUT2D eigenvalue weighted by molar-refractivity contribution is 0.101. The maximum atomic E-state index is 12.1. The van der Waals surface area contributed by atoms with Gasteiger partial charge in [-0.05, 0) is 59.8 Å². The molecule has 0 aliphatic carbocycles. The number of carbonyl (C=O) groups excluding carboxylic acids is 1. The molecule has 0 fully saturated rings. The van der Waals surface area contributed by atoms with Crippen molar-refractivity contribution < 1.29 is 9.21 Å². The van der Waals surface area contributed by atoms with Gasteiger partial charge in [0, 0.05) is 13.6 Å². The molecule has 0 aliphatic heterocycles. The molecule has 16 heavy (non-hydrogen) atoms. The summed E-state index contributed by atoms with van der Waals surface area (Å²) >= 11 is 5.50. The van der Waals surface area contributed by atoms with Crippen molar-refractivity contribution in [3.63, 3.8) is 0 Å². The number of hydrogen-bond acceptors (Lipinski definition) is 2. The summed E-state index contributed by atoms with van der Waals surface area (Å²) in [5, 5.41) is 0. The Kier molecular flexibility index (Phi) is 3.49. The average Bonchev–Trinajstić information content (AvgIpc) is 2.67. The van der Waals surface area contributed by atoms with Crippen LogP contribution in [0, 0.1) is 10.5 Å². The van der Waals surface area contributed by atoms with Crippen molar-refractivity contribution in [1.82, 2.24) is 0 Å². The molecule has 0 saturated carbocycles. The third-order valence-corrected chi connectivity index (χ3v) is 3.57. The Labute approximate surface area is 115 Å². The van der Waals surface area contributed by atoms with E-state index in [1.165, 1.54) is 0 Å². The predicted molar refractivity (Wildman–Crippen MR) is 73.7 cm³/mol. The van der Waals surface area contributed by atoms with Crippen molar-refractivity contribution in [3.05, 3.63) is 55.5 Å². The lowest BCUT2D eigenvalue weighted by Gasteiger charge is -2.02. The fraction of sp³-hybridized carbons (Fsp3) is 0.0833. The molecule has 1 aromatic heterocycles. The lowest BCUT2D eigenvalue weighted by atomic mass is 10.1. The molecule has 0 spiro atoms. The van der Waals surface area contributed by atoms with Gasteiger partial charge in [0.25, 0.3) is 0 Å². The van der Waals surface area contributed by atoms with Gasteiger partial charge in [-0.1, -0.05) is 15.9 Å². The van der Waals surface area contributed by atoms with Crippen molar-refractivity contribution in [3.8, 4) is 0 Å². The highest BCUT2D eigenvalue weighted by molar-refractivity contribution is 14.1. The number of halogens is 2. The summed E-state index contributed by atoms with van der Waals surface area (Å²) in [6, 6.07) is 9.11. The summed E-state index contributed by atoms with van der Waals surface area (Å²) in [5.74, 6) is 1.04. The molecule has 0 saturated heterocycles. The topological polar surface area (TPSA) is 30.2 Å². The summed E-state index contributed by atoms with van der Waals surface area (Å²) in [7, 11) is 0. The second-order valence-electron chi connectivity index (χ2n) is 3.36. The first-order valence-corrected chi connectivity index (χ1v) is 6.51. The molecule has 2 nitrogen and oxygen atoms in total. The van der Waals surface area contributed by atoms with Crippen molar-refractivity contribution in [2.75, 3.05) is 0 Å². The molecule has 4 heteroatoms. The summed E-state index contributed by atoms with van der Waals surface area (Å²) in [5.41, 5.74) is 0.657. The van der Waals surface area contributed by atoms with E-state index in [1.807, 2.05) is 25.1 Å². The molecule has 1 heterocycles. The predicted octanol–water partition coefficient (Wildman–Crippen LogP) is 4.19. The van der Waals surface area contributed by atoms with E-state index in [1.54, 1.807) is 12.1 Å². The quantitative estimate of drug-likeness (QED) is 0.568. The highest BCUT2D eigenvalue weighted by Gasteiger charge is 2.15. The van der Waals surface area contributed by atoms with Crippen LogP contribution in [0.25, 0.3) is 0 Å². The fourth-order valence-electron chi connectivity index (χ4n) is 1.36. The zero-order chi connectivity index (χ0) is 11.7. The summed E-state index contributed by atoms with van der Waals surface area (Å²) in [6.45, 7) is 1.82. The molecule has 0 radical (unpaired) electrons. The summed E-state index contributed by atoms with van der Waals surface area (Å²) in [6.07, 6.45) is 0. The minimum Gasteiger partial charge on any atom is -0.458 e. The fourth-order valence-corrected chi connectivity index (χ4v) is 2.30. The Balaban J connectivity index is 2.45. The molecule has 2 aromatic rings. The number of carbonyl (C=O) groups is 1. The third-order valence-electron chi connectivity index (χ3n) is 2.14. The van der Waals surface area contributed by atoms with E-state index in [-0.39, 0.29) is 5.78 Å². The zero-order valence-electron chi connectivity index (χ0n) is 8.46. The first-order chi connectivity index (χ1) is 7.58. The van der Waals surface area contributed by atoms with Crippen LogP contribution in [-0.4, -0.2) is 5.78 Å². The number of rotatable bonds is 2.